The molecule has 1 aliphatic rings. The van der Waals surface area contributed by atoms with Gasteiger partial charge in [-0.2, -0.15) is 0 Å². The first kappa shape index (κ1) is 22.6. The predicted octanol–water partition coefficient (Wildman–Crippen LogP) is 3.89. The molecule has 0 fully saturated rings. The number of nitrogens with zero attached hydrogens (tertiary/aromatic N) is 6. The zero-order valence-electron chi connectivity index (χ0n) is 19.8. The third-order valence-corrected chi connectivity index (χ3v) is 6.17. The lowest BCUT2D eigenvalue weighted by atomic mass is 10.1. The summed E-state index contributed by atoms with van der Waals surface area (Å²) in [7, 11) is 4.12. The number of hydrogen-bond acceptors (Lipinski definition) is 6. The molecule has 1 aromatic carbocycles. The Morgan fingerprint density at radius 1 is 1.26 bits per heavy atom. The average molecular weight is 473 g/mol. The number of benzene rings is 1. The molecule has 35 heavy (non-hydrogen) atoms. The second kappa shape index (κ2) is 9.59. The fraction of sp³-hybridized carbons (Fsp3) is 0.280. The van der Waals surface area contributed by atoms with Crippen molar-refractivity contribution in [2.24, 2.45) is 0 Å². The molecule has 0 unspecified atom stereocenters. The number of anilines is 2. The number of hydrogen-bond donors (Lipinski definition) is 3. The predicted molar refractivity (Wildman–Crippen MR) is 136 cm³/mol. The van der Waals surface area contributed by atoms with E-state index in [0.717, 1.165) is 52.3 Å². The maximum Gasteiger partial charge on any atom is 0.407 e. The third-order valence-electron chi connectivity index (χ3n) is 6.17. The van der Waals surface area contributed by atoms with Crippen LogP contribution in [0.4, 0.5) is 16.3 Å². The zero-order valence-corrected chi connectivity index (χ0v) is 19.8. The van der Waals surface area contributed by atoms with E-state index >= 15 is 0 Å². The minimum Gasteiger partial charge on any atom is -0.465 e. The Labute approximate surface area is 202 Å². The highest BCUT2D eigenvalue weighted by atomic mass is 16.4. The number of rotatable bonds is 7. The van der Waals surface area contributed by atoms with Gasteiger partial charge in [-0.15, -0.1) is 0 Å². The largest absolute Gasteiger partial charge is 0.465 e. The van der Waals surface area contributed by atoms with Crippen LogP contribution in [0.1, 0.15) is 12.1 Å². The highest BCUT2D eigenvalue weighted by Crippen LogP contribution is 2.30. The maximum atomic E-state index is 11.2. The fourth-order valence-corrected chi connectivity index (χ4v) is 4.24. The zero-order chi connectivity index (χ0) is 24.4. The van der Waals surface area contributed by atoms with Crippen LogP contribution in [-0.4, -0.2) is 79.2 Å². The van der Waals surface area contributed by atoms with E-state index in [0.29, 0.717) is 25.3 Å². The van der Waals surface area contributed by atoms with E-state index < -0.39 is 6.09 Å². The molecule has 5 rings (SSSR count). The first-order valence-electron chi connectivity index (χ1n) is 11.5. The van der Waals surface area contributed by atoms with Crippen LogP contribution >= 0.6 is 0 Å². The van der Waals surface area contributed by atoms with Gasteiger partial charge in [-0.25, -0.2) is 19.7 Å². The molecule has 0 atom stereocenters. The van der Waals surface area contributed by atoms with Gasteiger partial charge in [-0.05, 0) is 44.3 Å². The quantitative estimate of drug-likeness (QED) is 0.374. The van der Waals surface area contributed by atoms with Gasteiger partial charge in [0.15, 0.2) is 0 Å². The number of carboxylic acid groups (broad SMARTS) is 1. The lowest BCUT2D eigenvalue weighted by molar-refractivity contribution is 0.150. The minimum absolute atomic E-state index is 0.384. The van der Waals surface area contributed by atoms with Crippen LogP contribution in [-0.2, 0) is 6.54 Å². The molecule has 1 amide bonds. The van der Waals surface area contributed by atoms with Crippen LogP contribution in [0.2, 0.25) is 0 Å². The number of aromatic nitrogens is 5. The molecule has 3 aromatic heterocycles. The molecule has 1 aliphatic heterocycles. The summed E-state index contributed by atoms with van der Waals surface area (Å²) in [6.07, 6.45) is 7.00. The van der Waals surface area contributed by atoms with Gasteiger partial charge >= 0.3 is 6.09 Å². The first-order valence-corrected chi connectivity index (χ1v) is 11.5. The number of fused-ring (bicyclic) bond motifs is 1. The fourth-order valence-electron chi connectivity index (χ4n) is 4.24. The topological polar surface area (TPSA) is 115 Å². The van der Waals surface area contributed by atoms with Crippen molar-refractivity contribution in [3.05, 3.63) is 61.0 Å². The Morgan fingerprint density at radius 3 is 2.91 bits per heavy atom. The van der Waals surface area contributed by atoms with Crippen molar-refractivity contribution >= 4 is 34.2 Å². The smallest absolute Gasteiger partial charge is 0.407 e. The Balaban J connectivity index is 1.39. The van der Waals surface area contributed by atoms with Crippen molar-refractivity contribution in [2.75, 3.05) is 39.0 Å². The maximum absolute atomic E-state index is 11.2. The first-order chi connectivity index (χ1) is 17.0. The van der Waals surface area contributed by atoms with Crippen LogP contribution in [0, 0.1) is 0 Å². The summed E-state index contributed by atoms with van der Waals surface area (Å²) in [6, 6.07) is 10.2. The average Bonchev–Trinajstić information content (AvgIpc) is 3.51. The van der Waals surface area contributed by atoms with E-state index in [1.165, 1.54) is 11.2 Å². The highest BCUT2D eigenvalue weighted by molar-refractivity contribution is 5.92. The molecular formula is C25H28N8O2. The second-order valence-corrected chi connectivity index (χ2v) is 8.86. The van der Waals surface area contributed by atoms with Crippen molar-refractivity contribution in [1.29, 1.82) is 0 Å². The van der Waals surface area contributed by atoms with Gasteiger partial charge in [-0.1, -0.05) is 18.2 Å². The van der Waals surface area contributed by atoms with E-state index in [4.69, 9.17) is 0 Å². The summed E-state index contributed by atoms with van der Waals surface area (Å²) in [5, 5.41) is 13.5. The van der Waals surface area contributed by atoms with Crippen molar-refractivity contribution in [1.82, 2.24) is 34.3 Å². The van der Waals surface area contributed by atoms with Gasteiger partial charge in [0.25, 0.3) is 0 Å². The van der Waals surface area contributed by atoms with E-state index in [1.54, 1.807) is 0 Å². The Morgan fingerprint density at radius 2 is 2.14 bits per heavy atom. The van der Waals surface area contributed by atoms with Crippen molar-refractivity contribution in [3.8, 4) is 11.3 Å². The van der Waals surface area contributed by atoms with Crippen LogP contribution in [0.5, 0.6) is 0 Å². The number of H-pyrrole nitrogens is 1. The summed E-state index contributed by atoms with van der Waals surface area (Å²) in [4.78, 5) is 31.3. The van der Waals surface area contributed by atoms with Gasteiger partial charge in [0.2, 0.25) is 0 Å². The van der Waals surface area contributed by atoms with Gasteiger partial charge in [0.1, 0.15) is 17.8 Å². The molecular weight excluding hydrogens is 444 g/mol. The lowest BCUT2D eigenvalue weighted by Crippen LogP contribution is -2.33. The van der Waals surface area contributed by atoms with E-state index in [-0.39, 0.29) is 0 Å². The monoisotopic (exact) mass is 472 g/mol. The SMILES string of the molecule is CN(C)CCn1cncc1-c1cccc(Nc2ncnc3[nH]c(C4=CCN(C(=O)O)CC4)cc23)c1. The Hall–Kier alpha value is -4.18. The van der Waals surface area contributed by atoms with Gasteiger partial charge < -0.3 is 29.8 Å². The summed E-state index contributed by atoms with van der Waals surface area (Å²) in [5.74, 6) is 0.708. The standard InChI is InChI=1S/C25H28N8O2/c1-31(2)10-11-33-16-26-14-22(33)18-4-3-5-19(12-18)29-23-20-13-21(30-24(20)28-15-27-23)17-6-8-32(9-7-17)25(34)35/h3-6,12-16H,7-11H2,1-2H3,(H,34,35)(H2,27,28,29,30). The summed E-state index contributed by atoms with van der Waals surface area (Å²) in [5.41, 5.74) is 5.80. The molecule has 10 nitrogen and oxygen atoms in total. The Kier molecular flexibility index (Phi) is 6.19. The Bertz CT molecular complexity index is 1390. The molecule has 3 N–H and O–H groups in total. The minimum atomic E-state index is -0.891. The van der Waals surface area contributed by atoms with Crippen molar-refractivity contribution < 1.29 is 9.90 Å². The normalized spacial score (nSPS) is 13.9. The van der Waals surface area contributed by atoms with Crippen LogP contribution in [0.15, 0.2) is 55.3 Å². The van der Waals surface area contributed by atoms with E-state index in [2.05, 4.69) is 60.9 Å². The molecule has 0 aliphatic carbocycles. The van der Waals surface area contributed by atoms with Gasteiger partial charge in [0.05, 0.1) is 23.6 Å². The molecule has 0 radical (unpaired) electrons. The molecule has 0 bridgehead atoms. The molecule has 0 saturated heterocycles. The van der Waals surface area contributed by atoms with E-state index in [9.17, 15) is 9.90 Å². The van der Waals surface area contributed by atoms with Crippen molar-refractivity contribution in [2.45, 2.75) is 13.0 Å². The summed E-state index contributed by atoms with van der Waals surface area (Å²) in [6.45, 7) is 2.65. The van der Waals surface area contributed by atoms with Crippen LogP contribution in [0.25, 0.3) is 27.9 Å². The molecule has 0 saturated carbocycles. The van der Waals surface area contributed by atoms with Gasteiger partial charge in [0, 0.05) is 43.1 Å². The summed E-state index contributed by atoms with van der Waals surface area (Å²) >= 11 is 0. The molecule has 4 heterocycles. The van der Waals surface area contributed by atoms with Crippen molar-refractivity contribution in [3.63, 3.8) is 0 Å². The lowest BCUT2D eigenvalue weighted by Gasteiger charge is -2.23. The van der Waals surface area contributed by atoms with E-state index in [1.807, 2.05) is 36.8 Å². The number of imidazole rings is 1. The number of nitrogens with one attached hydrogen (secondary N) is 2. The molecule has 10 heteroatoms. The highest BCUT2D eigenvalue weighted by Gasteiger charge is 2.19. The van der Waals surface area contributed by atoms with Crippen LogP contribution < -0.4 is 5.32 Å². The number of aromatic amines is 1. The number of amides is 1. The van der Waals surface area contributed by atoms with Gasteiger partial charge in [-0.3, -0.25) is 0 Å². The number of likely N-dealkylation sites (N-methyl/N-ethyl adjacent to an activating group) is 1. The van der Waals surface area contributed by atoms with Crippen LogP contribution in [0.3, 0.4) is 0 Å². The third kappa shape index (κ3) is 4.87. The summed E-state index contributed by atoms with van der Waals surface area (Å²) < 4.78 is 2.16. The molecule has 0 spiro atoms. The molecule has 180 valence electrons. The molecule has 4 aromatic rings. The second-order valence-electron chi connectivity index (χ2n) is 8.86. The number of carbonyl (C=O) groups is 1.